The van der Waals surface area contributed by atoms with Gasteiger partial charge in [0.2, 0.25) is 5.91 Å². The van der Waals surface area contributed by atoms with Gasteiger partial charge in [-0.05, 0) is 36.7 Å². The number of halogens is 1. The molecule has 3 rings (SSSR count). The number of ether oxygens (including phenoxy) is 1. The molecule has 4 unspecified atom stereocenters. The first-order chi connectivity index (χ1) is 11.2. The molecule has 0 aromatic heterocycles. The maximum Gasteiger partial charge on any atom is 0.220 e. The van der Waals surface area contributed by atoms with Crippen LogP contribution >= 0.6 is 15.9 Å². The molecule has 126 valence electrons. The van der Waals surface area contributed by atoms with Crippen LogP contribution in [0.15, 0.2) is 30.3 Å². The number of carbonyl (C=O) groups excluding carboxylic acids is 1. The highest BCUT2D eigenvalue weighted by molar-refractivity contribution is 9.09. The van der Waals surface area contributed by atoms with Gasteiger partial charge in [0.25, 0.3) is 0 Å². The van der Waals surface area contributed by atoms with E-state index >= 15 is 0 Å². The van der Waals surface area contributed by atoms with E-state index in [9.17, 15) is 9.90 Å². The van der Waals surface area contributed by atoms with Crippen LogP contribution in [0.5, 0.6) is 0 Å². The Labute approximate surface area is 145 Å². The van der Waals surface area contributed by atoms with Crippen molar-refractivity contribution in [3.63, 3.8) is 0 Å². The summed E-state index contributed by atoms with van der Waals surface area (Å²) in [5.74, 6) is 0.639. The number of aliphatic hydroxyl groups is 1. The van der Waals surface area contributed by atoms with Crippen molar-refractivity contribution in [3.05, 3.63) is 35.9 Å². The summed E-state index contributed by atoms with van der Waals surface area (Å²) in [6, 6.07) is 10.1. The summed E-state index contributed by atoms with van der Waals surface area (Å²) in [7, 11) is 0. The first-order valence-corrected chi connectivity index (χ1v) is 9.50. The third-order valence-electron chi connectivity index (χ3n) is 5.19. The molecule has 5 atom stereocenters. The van der Waals surface area contributed by atoms with Gasteiger partial charge in [-0.2, -0.15) is 0 Å². The highest BCUT2D eigenvalue weighted by Crippen LogP contribution is 2.39. The van der Waals surface area contributed by atoms with Crippen LogP contribution in [0.1, 0.15) is 31.2 Å². The summed E-state index contributed by atoms with van der Waals surface area (Å²) in [6.07, 6.45) is 2.90. The predicted molar refractivity (Wildman–Crippen MR) is 92.2 cm³/mol. The lowest BCUT2D eigenvalue weighted by atomic mass is 9.68. The third-order valence-corrected chi connectivity index (χ3v) is 5.85. The van der Waals surface area contributed by atoms with Crippen LogP contribution in [0.4, 0.5) is 0 Å². The van der Waals surface area contributed by atoms with Gasteiger partial charge >= 0.3 is 0 Å². The number of hydrogen-bond donors (Lipinski definition) is 2. The zero-order valence-electron chi connectivity index (χ0n) is 13.2. The molecule has 4 nitrogen and oxygen atoms in total. The molecule has 2 aliphatic rings. The summed E-state index contributed by atoms with van der Waals surface area (Å²) in [4.78, 5) is 11.8. The van der Waals surface area contributed by atoms with Crippen molar-refractivity contribution in [2.45, 2.75) is 50.5 Å². The third kappa shape index (κ3) is 3.95. The zero-order chi connectivity index (χ0) is 16.2. The van der Waals surface area contributed by atoms with Gasteiger partial charge in [-0.25, -0.2) is 0 Å². The fourth-order valence-electron chi connectivity index (χ4n) is 4.00. The summed E-state index contributed by atoms with van der Waals surface area (Å²) < 4.78 is 6.14. The van der Waals surface area contributed by atoms with Gasteiger partial charge in [-0.3, -0.25) is 4.79 Å². The fraction of sp³-hybridized carbons (Fsp3) is 0.611. The maximum absolute atomic E-state index is 11.8. The molecule has 0 radical (unpaired) electrons. The van der Waals surface area contributed by atoms with Gasteiger partial charge in [0.15, 0.2) is 0 Å². The van der Waals surface area contributed by atoms with Crippen LogP contribution in [-0.4, -0.2) is 34.6 Å². The predicted octanol–water partition coefficient (Wildman–Crippen LogP) is 2.63. The number of aliphatic hydroxyl groups excluding tert-OH is 1. The fourth-order valence-corrected chi connectivity index (χ4v) is 4.48. The van der Waals surface area contributed by atoms with Crippen molar-refractivity contribution in [2.24, 2.45) is 11.8 Å². The van der Waals surface area contributed by atoms with E-state index in [4.69, 9.17) is 4.74 Å². The van der Waals surface area contributed by atoms with E-state index in [0.29, 0.717) is 24.3 Å². The molecule has 2 fully saturated rings. The van der Waals surface area contributed by atoms with Gasteiger partial charge in [0.1, 0.15) is 0 Å². The number of carbonyl (C=O) groups is 1. The average Bonchev–Trinajstić information content (AvgIpc) is 2.59. The monoisotopic (exact) mass is 381 g/mol. The van der Waals surface area contributed by atoms with Crippen LogP contribution in [0, 0.1) is 11.8 Å². The van der Waals surface area contributed by atoms with Crippen LogP contribution in [0.2, 0.25) is 0 Å². The summed E-state index contributed by atoms with van der Waals surface area (Å²) in [5, 5.41) is 14.0. The minimum atomic E-state index is -0.354. The first kappa shape index (κ1) is 16.9. The summed E-state index contributed by atoms with van der Waals surface area (Å²) >= 11 is 3.39. The lowest BCUT2D eigenvalue weighted by Crippen LogP contribution is -2.58. The van der Waals surface area contributed by atoms with Crippen molar-refractivity contribution in [1.82, 2.24) is 5.32 Å². The second kappa shape index (κ2) is 7.77. The molecule has 0 spiro atoms. The molecule has 1 aromatic rings. The molecule has 1 aromatic carbocycles. The highest BCUT2D eigenvalue weighted by atomic mass is 79.9. The highest BCUT2D eigenvalue weighted by Gasteiger charge is 2.45. The van der Waals surface area contributed by atoms with Crippen molar-refractivity contribution in [2.75, 3.05) is 5.33 Å². The number of benzene rings is 1. The Morgan fingerprint density at radius 3 is 2.78 bits per heavy atom. The van der Waals surface area contributed by atoms with Crippen molar-refractivity contribution in [3.8, 4) is 0 Å². The minimum absolute atomic E-state index is 0.0208. The molecule has 1 aliphatic heterocycles. The molecule has 23 heavy (non-hydrogen) atoms. The smallest absolute Gasteiger partial charge is 0.220 e. The molecule has 1 heterocycles. The average molecular weight is 382 g/mol. The topological polar surface area (TPSA) is 58.6 Å². The molecule has 1 saturated heterocycles. The second-order valence-corrected chi connectivity index (χ2v) is 7.24. The van der Waals surface area contributed by atoms with Gasteiger partial charge in [-0.1, -0.05) is 46.3 Å². The molecule has 1 amide bonds. The Bertz CT molecular complexity index is 524. The number of fused-ring (bicyclic) bond motifs is 1. The SMILES string of the molecule is O=C1CCC2C(N1)C(OCc1ccccc1)CCC2[C@@H](O)CBr. The van der Waals surface area contributed by atoms with Crippen molar-refractivity contribution >= 4 is 21.8 Å². The van der Waals surface area contributed by atoms with Crippen molar-refractivity contribution in [1.29, 1.82) is 0 Å². The van der Waals surface area contributed by atoms with E-state index in [1.165, 1.54) is 0 Å². The van der Waals surface area contributed by atoms with Gasteiger partial charge < -0.3 is 15.2 Å². The van der Waals surface area contributed by atoms with Crippen LogP contribution in [-0.2, 0) is 16.1 Å². The summed E-state index contributed by atoms with van der Waals surface area (Å²) in [5.41, 5.74) is 1.15. The minimum Gasteiger partial charge on any atom is -0.392 e. The lowest BCUT2D eigenvalue weighted by Gasteiger charge is -2.46. The Morgan fingerprint density at radius 1 is 1.26 bits per heavy atom. The number of amides is 1. The van der Waals surface area contributed by atoms with Crippen LogP contribution in [0.25, 0.3) is 0 Å². The van der Waals surface area contributed by atoms with Gasteiger partial charge in [-0.15, -0.1) is 0 Å². The van der Waals surface area contributed by atoms with E-state index in [-0.39, 0.29) is 30.1 Å². The number of piperidine rings is 1. The Kier molecular flexibility index (Phi) is 5.72. The molecular weight excluding hydrogens is 358 g/mol. The maximum atomic E-state index is 11.8. The molecule has 0 bridgehead atoms. The standard InChI is InChI=1S/C18H24BrNO3/c19-10-15(21)13-6-8-16(18-14(13)7-9-17(22)20-18)23-11-12-4-2-1-3-5-12/h1-5,13-16,18,21H,6-11H2,(H,20,22)/t13?,14?,15-,16?,18?/m0/s1. The lowest BCUT2D eigenvalue weighted by molar-refractivity contribution is -0.132. The van der Waals surface area contributed by atoms with E-state index < -0.39 is 0 Å². The van der Waals surface area contributed by atoms with E-state index in [2.05, 4.69) is 33.4 Å². The van der Waals surface area contributed by atoms with Gasteiger partial charge in [0, 0.05) is 11.8 Å². The normalized spacial score (nSPS) is 32.0. The Morgan fingerprint density at radius 2 is 2.04 bits per heavy atom. The van der Waals surface area contributed by atoms with Crippen LogP contribution < -0.4 is 5.32 Å². The van der Waals surface area contributed by atoms with E-state index in [1.807, 2.05) is 18.2 Å². The van der Waals surface area contributed by atoms with Crippen LogP contribution in [0.3, 0.4) is 0 Å². The number of rotatable bonds is 5. The Balaban J connectivity index is 1.68. The Hall–Kier alpha value is -0.910. The van der Waals surface area contributed by atoms with E-state index in [0.717, 1.165) is 24.8 Å². The molecule has 1 aliphatic carbocycles. The van der Waals surface area contributed by atoms with Gasteiger partial charge in [0.05, 0.1) is 24.9 Å². The first-order valence-electron chi connectivity index (χ1n) is 8.38. The molecular formula is C18H24BrNO3. The second-order valence-electron chi connectivity index (χ2n) is 6.59. The number of hydrogen-bond acceptors (Lipinski definition) is 3. The molecule has 2 N–H and O–H groups in total. The van der Waals surface area contributed by atoms with E-state index in [1.54, 1.807) is 0 Å². The number of nitrogens with one attached hydrogen (secondary N) is 1. The number of alkyl halides is 1. The molecule has 1 saturated carbocycles. The largest absolute Gasteiger partial charge is 0.392 e. The summed E-state index contributed by atoms with van der Waals surface area (Å²) in [6.45, 7) is 0.566. The van der Waals surface area contributed by atoms with Crippen molar-refractivity contribution < 1.29 is 14.6 Å². The quantitative estimate of drug-likeness (QED) is 0.770. The molecule has 5 heteroatoms. The zero-order valence-corrected chi connectivity index (χ0v) is 14.7.